The van der Waals surface area contributed by atoms with Crippen LogP contribution in [0.4, 0.5) is 5.69 Å². The van der Waals surface area contributed by atoms with Gasteiger partial charge in [-0.2, -0.15) is 0 Å². The van der Waals surface area contributed by atoms with E-state index in [1.54, 1.807) is 29.7 Å². The number of carbonyl (C=O) groups is 1. The number of nitrogens with one attached hydrogen (secondary N) is 1. The van der Waals surface area contributed by atoms with Crippen LogP contribution in [0.2, 0.25) is 0 Å². The Balaban J connectivity index is 2.34. The zero-order chi connectivity index (χ0) is 13.8. The summed E-state index contributed by atoms with van der Waals surface area (Å²) in [7, 11) is 0. The summed E-state index contributed by atoms with van der Waals surface area (Å²) in [6.45, 7) is 3.96. The van der Waals surface area contributed by atoms with E-state index in [4.69, 9.17) is 0 Å². The molecular formula is C14H16N2O2S. The molecule has 5 heteroatoms. The monoisotopic (exact) mass is 276 g/mol. The second-order valence-corrected chi connectivity index (χ2v) is 5.20. The summed E-state index contributed by atoms with van der Waals surface area (Å²) in [6, 6.07) is 5.32. The summed E-state index contributed by atoms with van der Waals surface area (Å²) in [4.78, 5) is 15.6. The number of aromatic carboxylic acids is 1. The summed E-state index contributed by atoms with van der Waals surface area (Å²) in [5.74, 6) is -0.916. The first-order chi connectivity index (χ1) is 9.13. The Bertz CT molecular complexity index is 567. The van der Waals surface area contributed by atoms with Crippen molar-refractivity contribution in [3.05, 3.63) is 45.9 Å². The molecular weight excluding hydrogens is 260 g/mol. The summed E-state index contributed by atoms with van der Waals surface area (Å²) in [6.07, 6.45) is 2.61. The fourth-order valence-electron chi connectivity index (χ4n) is 1.96. The van der Waals surface area contributed by atoms with Crippen LogP contribution >= 0.6 is 11.3 Å². The van der Waals surface area contributed by atoms with Gasteiger partial charge in [0.1, 0.15) is 5.01 Å². The molecule has 0 radical (unpaired) electrons. The first-order valence-corrected chi connectivity index (χ1v) is 7.00. The van der Waals surface area contributed by atoms with Gasteiger partial charge >= 0.3 is 5.97 Å². The van der Waals surface area contributed by atoms with Gasteiger partial charge in [0, 0.05) is 11.6 Å². The number of rotatable bonds is 5. The number of aryl methyl sites for hydroxylation is 1. The number of thiazole rings is 1. The lowest BCUT2D eigenvalue weighted by molar-refractivity contribution is 0.0698. The minimum absolute atomic E-state index is 0.0409. The molecule has 0 aliphatic rings. The van der Waals surface area contributed by atoms with Gasteiger partial charge in [-0.3, -0.25) is 0 Å². The highest BCUT2D eigenvalue weighted by atomic mass is 32.1. The quantitative estimate of drug-likeness (QED) is 0.873. The van der Waals surface area contributed by atoms with Gasteiger partial charge in [-0.05, 0) is 25.0 Å². The maximum Gasteiger partial charge on any atom is 0.337 e. The van der Waals surface area contributed by atoms with Crippen LogP contribution in [0.25, 0.3) is 0 Å². The van der Waals surface area contributed by atoms with Gasteiger partial charge < -0.3 is 10.4 Å². The second kappa shape index (κ2) is 5.84. The molecule has 0 aliphatic heterocycles. The average molecular weight is 276 g/mol. The summed E-state index contributed by atoms with van der Waals surface area (Å²) >= 11 is 1.57. The van der Waals surface area contributed by atoms with Crippen molar-refractivity contribution in [1.29, 1.82) is 0 Å². The second-order valence-electron chi connectivity index (χ2n) is 4.28. The number of carboxylic acids is 1. The van der Waals surface area contributed by atoms with E-state index in [0.29, 0.717) is 11.3 Å². The molecule has 1 atom stereocenters. The van der Waals surface area contributed by atoms with Crippen molar-refractivity contribution < 1.29 is 9.90 Å². The predicted molar refractivity (Wildman–Crippen MR) is 76.9 cm³/mol. The van der Waals surface area contributed by atoms with Gasteiger partial charge in [0.15, 0.2) is 0 Å². The Hall–Kier alpha value is -1.88. The van der Waals surface area contributed by atoms with E-state index >= 15 is 0 Å². The van der Waals surface area contributed by atoms with Gasteiger partial charge in [-0.15, -0.1) is 11.3 Å². The smallest absolute Gasteiger partial charge is 0.337 e. The van der Waals surface area contributed by atoms with Gasteiger partial charge in [-0.25, -0.2) is 9.78 Å². The summed E-state index contributed by atoms with van der Waals surface area (Å²) < 4.78 is 0. The molecule has 2 aromatic rings. The molecule has 100 valence electrons. The lowest BCUT2D eigenvalue weighted by Gasteiger charge is -2.19. The number of anilines is 1. The Kier molecular flexibility index (Phi) is 4.16. The molecule has 1 heterocycles. The van der Waals surface area contributed by atoms with E-state index in [0.717, 1.165) is 17.0 Å². The molecule has 0 saturated heterocycles. The Morgan fingerprint density at radius 3 is 2.89 bits per heavy atom. The molecule has 0 saturated carbocycles. The number of para-hydroxylation sites is 1. The molecule has 0 aliphatic carbocycles. The largest absolute Gasteiger partial charge is 0.478 e. The number of carboxylic acid groups (broad SMARTS) is 1. The van der Waals surface area contributed by atoms with E-state index in [1.165, 1.54) is 0 Å². The molecule has 2 N–H and O–H groups in total. The third-order valence-corrected chi connectivity index (χ3v) is 3.87. The van der Waals surface area contributed by atoms with Crippen LogP contribution in [0, 0.1) is 6.92 Å². The summed E-state index contributed by atoms with van der Waals surface area (Å²) in [5.41, 5.74) is 1.90. The fraction of sp³-hybridized carbons (Fsp3) is 0.286. The van der Waals surface area contributed by atoms with E-state index in [1.807, 2.05) is 18.4 Å². The van der Waals surface area contributed by atoms with E-state index in [-0.39, 0.29) is 6.04 Å². The molecule has 19 heavy (non-hydrogen) atoms. The van der Waals surface area contributed by atoms with Crippen molar-refractivity contribution in [3.8, 4) is 0 Å². The molecule has 0 fully saturated rings. The molecule has 0 spiro atoms. The van der Waals surface area contributed by atoms with E-state index < -0.39 is 5.97 Å². The third-order valence-electron chi connectivity index (χ3n) is 2.98. The third kappa shape index (κ3) is 2.93. The molecule has 4 nitrogen and oxygen atoms in total. The lowest BCUT2D eigenvalue weighted by atomic mass is 10.1. The van der Waals surface area contributed by atoms with Crippen molar-refractivity contribution >= 4 is 23.0 Å². The Morgan fingerprint density at radius 2 is 2.32 bits per heavy atom. The first-order valence-electron chi connectivity index (χ1n) is 6.12. The molecule has 0 amide bonds. The average Bonchev–Trinajstić information content (AvgIpc) is 2.90. The van der Waals surface area contributed by atoms with Crippen LogP contribution < -0.4 is 5.32 Å². The standard InChI is InChI=1S/C14H16N2O2S/c1-3-11(13-15-7-8-19-13)16-12-9(2)5-4-6-10(12)14(17)18/h4-8,11,16H,3H2,1-2H3,(H,17,18). The van der Waals surface area contributed by atoms with Gasteiger partial charge in [0.25, 0.3) is 0 Å². The molecule has 1 aromatic carbocycles. The predicted octanol–water partition coefficient (Wildman–Crippen LogP) is 3.71. The number of aromatic nitrogens is 1. The van der Waals surface area contributed by atoms with Crippen LogP contribution in [0.3, 0.4) is 0 Å². The minimum Gasteiger partial charge on any atom is -0.478 e. The van der Waals surface area contributed by atoms with Gasteiger partial charge in [0.2, 0.25) is 0 Å². The maximum atomic E-state index is 11.3. The normalized spacial score (nSPS) is 12.1. The van der Waals surface area contributed by atoms with Gasteiger partial charge in [0.05, 0.1) is 17.3 Å². The molecule has 1 unspecified atom stereocenters. The van der Waals surface area contributed by atoms with Crippen LogP contribution in [-0.2, 0) is 0 Å². The van der Waals surface area contributed by atoms with Crippen molar-refractivity contribution in [1.82, 2.24) is 4.98 Å². The number of hydrogen-bond donors (Lipinski definition) is 2. The topological polar surface area (TPSA) is 62.2 Å². The zero-order valence-corrected chi connectivity index (χ0v) is 11.7. The van der Waals surface area contributed by atoms with Crippen molar-refractivity contribution in [2.24, 2.45) is 0 Å². The Morgan fingerprint density at radius 1 is 1.53 bits per heavy atom. The van der Waals surface area contributed by atoms with E-state index in [2.05, 4.69) is 17.2 Å². The summed E-state index contributed by atoms with van der Waals surface area (Å²) in [5, 5.41) is 15.5. The van der Waals surface area contributed by atoms with Crippen molar-refractivity contribution in [2.45, 2.75) is 26.3 Å². The van der Waals surface area contributed by atoms with Crippen LogP contribution in [0.1, 0.15) is 40.3 Å². The zero-order valence-electron chi connectivity index (χ0n) is 10.9. The van der Waals surface area contributed by atoms with Gasteiger partial charge in [-0.1, -0.05) is 19.1 Å². The van der Waals surface area contributed by atoms with Crippen LogP contribution in [0.15, 0.2) is 29.8 Å². The number of hydrogen-bond acceptors (Lipinski definition) is 4. The highest BCUT2D eigenvalue weighted by molar-refractivity contribution is 7.09. The van der Waals surface area contributed by atoms with Crippen LogP contribution in [0.5, 0.6) is 0 Å². The minimum atomic E-state index is -0.916. The van der Waals surface area contributed by atoms with E-state index in [9.17, 15) is 9.90 Å². The highest BCUT2D eigenvalue weighted by Crippen LogP contribution is 2.28. The number of benzene rings is 1. The fourth-order valence-corrected chi connectivity index (χ4v) is 2.73. The number of nitrogens with zero attached hydrogens (tertiary/aromatic N) is 1. The van der Waals surface area contributed by atoms with Crippen LogP contribution in [-0.4, -0.2) is 16.1 Å². The highest BCUT2D eigenvalue weighted by Gasteiger charge is 2.17. The Labute approximate surface area is 116 Å². The lowest BCUT2D eigenvalue weighted by Crippen LogP contribution is -2.13. The van der Waals surface area contributed by atoms with Crippen molar-refractivity contribution in [3.63, 3.8) is 0 Å². The molecule has 2 rings (SSSR count). The SMILES string of the molecule is CCC(Nc1c(C)cccc1C(=O)O)c1nccs1. The molecule has 0 bridgehead atoms. The maximum absolute atomic E-state index is 11.3. The van der Waals surface area contributed by atoms with Crippen molar-refractivity contribution in [2.75, 3.05) is 5.32 Å². The molecule has 1 aromatic heterocycles. The first kappa shape index (κ1) is 13.5.